The first-order valence-electron chi connectivity index (χ1n) is 12.6. The number of ketones is 2. The van der Waals surface area contributed by atoms with Crippen molar-refractivity contribution in [3.05, 3.63) is 23.8 Å². The number of allylic oxidation sites excluding steroid dienone is 4. The number of carbonyl (C=O) groups excluding carboxylic acids is 3. The number of carbonyl (C=O) groups is 3. The minimum Gasteiger partial charge on any atom is -0.450 e. The fraction of sp³-hybridized carbons (Fsp3) is 0.741. The quantitative estimate of drug-likeness (QED) is 0.568. The van der Waals surface area contributed by atoms with Crippen molar-refractivity contribution in [3.63, 3.8) is 0 Å². The summed E-state index contributed by atoms with van der Waals surface area (Å²) in [6, 6.07) is 0. The van der Waals surface area contributed by atoms with Gasteiger partial charge in [0.2, 0.25) is 5.78 Å². The Hall–Kier alpha value is -1.86. The summed E-state index contributed by atoms with van der Waals surface area (Å²) >= 11 is 0. The summed E-state index contributed by atoms with van der Waals surface area (Å²) < 4.78 is 23.3. The van der Waals surface area contributed by atoms with E-state index in [-0.39, 0.29) is 24.5 Å². The van der Waals surface area contributed by atoms with Crippen LogP contribution in [0.3, 0.4) is 0 Å². The zero-order chi connectivity index (χ0) is 25.1. The molecule has 4 aliphatic rings. The fourth-order valence-corrected chi connectivity index (χ4v) is 8.07. The van der Waals surface area contributed by atoms with Crippen LogP contribution in [0.15, 0.2) is 23.8 Å². The highest BCUT2D eigenvalue weighted by Gasteiger charge is 2.77. The second kappa shape index (κ2) is 8.37. The number of halogens is 1. The van der Waals surface area contributed by atoms with Crippen molar-refractivity contribution in [1.82, 2.24) is 0 Å². The third kappa shape index (κ3) is 3.08. The van der Waals surface area contributed by atoms with E-state index < -0.39 is 58.4 Å². The van der Waals surface area contributed by atoms with Crippen LogP contribution in [0, 0.1) is 28.6 Å². The van der Waals surface area contributed by atoms with Gasteiger partial charge < -0.3 is 14.9 Å². The molecule has 4 rings (SSSR count). The van der Waals surface area contributed by atoms with Crippen molar-refractivity contribution < 1.29 is 33.7 Å². The molecule has 0 spiro atoms. The maximum atomic E-state index is 17.3. The summed E-state index contributed by atoms with van der Waals surface area (Å²) in [5.41, 5.74) is -5.11. The van der Waals surface area contributed by atoms with E-state index >= 15 is 4.39 Å². The Morgan fingerprint density at radius 1 is 1.26 bits per heavy atom. The summed E-state index contributed by atoms with van der Waals surface area (Å²) in [6.45, 7) is 6.55. The van der Waals surface area contributed by atoms with Gasteiger partial charge in [-0.2, -0.15) is 0 Å². The van der Waals surface area contributed by atoms with E-state index in [1.165, 1.54) is 12.2 Å². The largest absolute Gasteiger partial charge is 0.450 e. The fourth-order valence-electron chi connectivity index (χ4n) is 8.07. The summed E-state index contributed by atoms with van der Waals surface area (Å²) in [7, 11) is 0. The number of rotatable bonds is 6. The Kier molecular flexibility index (Phi) is 6.21. The molecule has 0 aromatic carbocycles. The van der Waals surface area contributed by atoms with Gasteiger partial charge in [-0.3, -0.25) is 14.4 Å². The number of hydrogen-bond donors (Lipinski definition) is 2. The molecule has 188 valence electrons. The molecular formula is C27H37FO6. The zero-order valence-corrected chi connectivity index (χ0v) is 20.6. The van der Waals surface area contributed by atoms with E-state index in [9.17, 15) is 24.6 Å². The minimum atomic E-state index is -2.03. The van der Waals surface area contributed by atoms with Crippen LogP contribution in [-0.4, -0.2) is 51.7 Å². The zero-order valence-electron chi connectivity index (χ0n) is 20.6. The van der Waals surface area contributed by atoms with Gasteiger partial charge in [-0.15, -0.1) is 0 Å². The smallest absolute Gasteiger partial charge is 0.306 e. The Morgan fingerprint density at radius 2 is 1.97 bits per heavy atom. The molecule has 3 fully saturated rings. The van der Waals surface area contributed by atoms with Gasteiger partial charge in [-0.1, -0.05) is 38.8 Å². The van der Waals surface area contributed by atoms with Crippen LogP contribution < -0.4 is 0 Å². The molecule has 0 unspecified atom stereocenters. The van der Waals surface area contributed by atoms with Crippen LogP contribution in [0.5, 0.6) is 0 Å². The van der Waals surface area contributed by atoms with Gasteiger partial charge in [-0.25, -0.2) is 4.39 Å². The summed E-state index contributed by atoms with van der Waals surface area (Å²) in [5, 5.41) is 21.4. The maximum absolute atomic E-state index is 17.3. The second-order valence-corrected chi connectivity index (χ2v) is 11.3. The first-order chi connectivity index (χ1) is 15.9. The van der Waals surface area contributed by atoms with Crippen molar-refractivity contribution in [2.45, 2.75) is 90.0 Å². The number of Topliss-reactive ketones (excluding diaryl/α,β-unsaturated/α-hetero) is 1. The topological polar surface area (TPSA) is 101 Å². The Morgan fingerprint density at radius 3 is 2.62 bits per heavy atom. The van der Waals surface area contributed by atoms with Gasteiger partial charge in [0.25, 0.3) is 0 Å². The molecule has 0 aromatic heterocycles. The van der Waals surface area contributed by atoms with Crippen molar-refractivity contribution >= 4 is 17.5 Å². The van der Waals surface area contributed by atoms with Gasteiger partial charge in [0, 0.05) is 29.1 Å². The van der Waals surface area contributed by atoms with E-state index in [4.69, 9.17) is 4.74 Å². The molecule has 7 heteroatoms. The van der Waals surface area contributed by atoms with E-state index in [0.29, 0.717) is 31.3 Å². The first-order valence-corrected chi connectivity index (χ1v) is 12.6. The van der Waals surface area contributed by atoms with Gasteiger partial charge >= 0.3 is 5.97 Å². The average molecular weight is 477 g/mol. The van der Waals surface area contributed by atoms with E-state index in [2.05, 4.69) is 0 Å². The lowest BCUT2D eigenvalue weighted by Gasteiger charge is -2.62. The lowest BCUT2D eigenvalue weighted by Crippen LogP contribution is -2.70. The molecule has 6 nitrogen and oxygen atoms in total. The van der Waals surface area contributed by atoms with E-state index in [1.807, 2.05) is 20.8 Å². The number of ether oxygens (including phenoxy) is 1. The number of esters is 1. The van der Waals surface area contributed by atoms with Gasteiger partial charge in [0.1, 0.15) is 6.61 Å². The lowest BCUT2D eigenvalue weighted by molar-refractivity contribution is -0.228. The molecule has 0 radical (unpaired) electrons. The van der Waals surface area contributed by atoms with Gasteiger partial charge in [0.05, 0.1) is 6.10 Å². The Balaban J connectivity index is 1.80. The van der Waals surface area contributed by atoms with Crippen molar-refractivity contribution in [2.24, 2.45) is 28.6 Å². The molecule has 0 bridgehead atoms. The number of alkyl halides is 1. The highest BCUT2D eigenvalue weighted by Crippen LogP contribution is 2.71. The normalized spacial score (nSPS) is 45.1. The summed E-state index contributed by atoms with van der Waals surface area (Å²) in [4.78, 5) is 38.1. The number of aliphatic hydroxyl groups excluding tert-OH is 2. The maximum Gasteiger partial charge on any atom is 0.306 e. The van der Waals surface area contributed by atoms with Crippen molar-refractivity contribution in [3.8, 4) is 0 Å². The molecule has 3 saturated carbocycles. The SMILES string of the molecule is CCCCC(=O)O[C@]1(C(=O)CO)[C@H](C)C[C@@H]2[C@@H]3CCC4=CC(=O)C=C[C@]4(C)[C@@]3(F)[C@H](O)C[C@@]21C. The lowest BCUT2D eigenvalue weighted by atomic mass is 9.44. The minimum absolute atomic E-state index is 0.0769. The predicted octanol–water partition coefficient (Wildman–Crippen LogP) is 3.64. The second-order valence-electron chi connectivity index (χ2n) is 11.3. The predicted molar refractivity (Wildman–Crippen MR) is 123 cm³/mol. The molecule has 0 saturated heterocycles. The molecule has 0 aromatic rings. The highest BCUT2D eigenvalue weighted by molar-refractivity contribution is 6.01. The number of hydrogen-bond acceptors (Lipinski definition) is 6. The molecule has 4 aliphatic carbocycles. The van der Waals surface area contributed by atoms with Crippen LogP contribution in [0.1, 0.15) is 72.6 Å². The van der Waals surface area contributed by atoms with Crippen LogP contribution in [0.4, 0.5) is 4.39 Å². The van der Waals surface area contributed by atoms with Crippen LogP contribution in [-0.2, 0) is 19.1 Å². The molecule has 34 heavy (non-hydrogen) atoms. The van der Waals surface area contributed by atoms with Crippen molar-refractivity contribution in [1.29, 1.82) is 0 Å². The standard InChI is InChI=1S/C27H37FO6/c1-5-6-7-23(33)34-27(22(32)15-29)16(2)12-20-19-9-8-17-13-18(30)10-11-24(17,3)26(19,28)21(31)14-25(20,27)4/h10-11,13,16,19-21,29,31H,5-9,12,14-15H2,1-4H3/t16-,19+,20-,21-,24+,25+,26+,27+/m1/s1. The molecule has 0 aliphatic heterocycles. The van der Waals surface area contributed by atoms with Crippen LogP contribution >= 0.6 is 0 Å². The summed E-state index contributed by atoms with van der Waals surface area (Å²) in [6.07, 6.45) is 5.92. The first kappa shape index (κ1) is 25.2. The van der Waals surface area contributed by atoms with Crippen LogP contribution in [0.2, 0.25) is 0 Å². The molecular weight excluding hydrogens is 439 g/mol. The number of unbranched alkanes of at least 4 members (excludes halogenated alkanes) is 1. The third-order valence-electron chi connectivity index (χ3n) is 9.75. The Labute approximate surface area is 200 Å². The molecule has 2 N–H and O–H groups in total. The molecule has 8 atom stereocenters. The monoisotopic (exact) mass is 476 g/mol. The van der Waals surface area contributed by atoms with Gasteiger partial charge in [0.15, 0.2) is 17.1 Å². The molecule has 0 amide bonds. The highest BCUT2D eigenvalue weighted by atomic mass is 19.1. The van der Waals surface area contributed by atoms with Crippen LogP contribution in [0.25, 0.3) is 0 Å². The molecule has 0 heterocycles. The van der Waals surface area contributed by atoms with Gasteiger partial charge in [-0.05, 0) is 57.1 Å². The van der Waals surface area contributed by atoms with E-state index in [0.717, 1.165) is 6.42 Å². The third-order valence-corrected chi connectivity index (χ3v) is 9.75. The summed E-state index contributed by atoms with van der Waals surface area (Å²) in [5.74, 6) is -2.62. The number of fused-ring (bicyclic) bond motifs is 5. The average Bonchev–Trinajstić information content (AvgIpc) is 3.00. The number of aliphatic hydroxyl groups is 2. The van der Waals surface area contributed by atoms with E-state index in [1.54, 1.807) is 13.0 Å². The Bertz CT molecular complexity index is 957. The van der Waals surface area contributed by atoms with Crippen molar-refractivity contribution in [2.75, 3.05) is 6.61 Å².